The molecule has 0 amide bonds. The van der Waals surface area contributed by atoms with Gasteiger partial charge in [-0.15, -0.1) is 0 Å². The van der Waals surface area contributed by atoms with E-state index < -0.39 is 19.0 Å². The molecule has 1 aliphatic rings. The van der Waals surface area contributed by atoms with Crippen molar-refractivity contribution in [3.8, 4) is 0 Å². The fourth-order valence-corrected chi connectivity index (χ4v) is 1.01. The smallest absolute Gasteiger partial charge is 0.340 e. The van der Waals surface area contributed by atoms with Gasteiger partial charge in [0.2, 0.25) is 0 Å². The first-order valence-corrected chi connectivity index (χ1v) is 4.42. The molecule has 0 fully saturated rings. The average Bonchev–Trinajstić information content (AvgIpc) is 2.16. The van der Waals surface area contributed by atoms with Crippen molar-refractivity contribution in [2.24, 2.45) is 4.99 Å². The average molecular weight is 225 g/mol. The third kappa shape index (κ3) is 3.21. The molecular formula is C9H11F4NO. The lowest BCUT2D eigenvalue weighted by Gasteiger charge is -2.18. The van der Waals surface area contributed by atoms with E-state index in [4.69, 9.17) is 0 Å². The molecule has 2 nitrogen and oxygen atoms in total. The highest BCUT2D eigenvalue weighted by molar-refractivity contribution is 5.77. The summed E-state index contributed by atoms with van der Waals surface area (Å²) < 4.78 is 53.2. The summed E-state index contributed by atoms with van der Waals surface area (Å²) in [5, 5.41) is 0. The van der Waals surface area contributed by atoms with Crippen LogP contribution in [0.1, 0.15) is 13.3 Å². The lowest BCUT2D eigenvalue weighted by atomic mass is 10.1. The molecule has 0 bridgehead atoms. The minimum absolute atomic E-state index is 0.168. The van der Waals surface area contributed by atoms with E-state index in [-0.39, 0.29) is 5.76 Å². The van der Waals surface area contributed by atoms with Crippen LogP contribution in [0.4, 0.5) is 17.6 Å². The Morgan fingerprint density at radius 2 is 2.20 bits per heavy atom. The molecule has 0 saturated carbocycles. The van der Waals surface area contributed by atoms with Crippen LogP contribution in [-0.2, 0) is 4.74 Å². The Morgan fingerprint density at radius 1 is 1.53 bits per heavy atom. The van der Waals surface area contributed by atoms with Gasteiger partial charge in [-0.05, 0) is 18.9 Å². The molecule has 0 saturated heterocycles. The van der Waals surface area contributed by atoms with E-state index in [0.717, 1.165) is 5.57 Å². The molecule has 0 unspecified atom stereocenters. The lowest BCUT2D eigenvalue weighted by molar-refractivity contribution is -0.156. The van der Waals surface area contributed by atoms with Gasteiger partial charge < -0.3 is 4.74 Å². The second-order valence-electron chi connectivity index (χ2n) is 3.28. The molecule has 0 N–H and O–H groups in total. The summed E-state index contributed by atoms with van der Waals surface area (Å²) in [5.41, 5.74) is 0.745. The number of allylic oxidation sites excluding steroid dienone is 1. The summed E-state index contributed by atoms with van der Waals surface area (Å²) >= 11 is 0. The number of dihydropyridines is 1. The second-order valence-corrected chi connectivity index (χ2v) is 3.28. The predicted molar refractivity (Wildman–Crippen MR) is 47.6 cm³/mol. The van der Waals surface area contributed by atoms with Crippen molar-refractivity contribution in [2.45, 2.75) is 25.7 Å². The molecule has 0 radical (unpaired) electrons. The molecule has 0 aromatic carbocycles. The largest absolute Gasteiger partial charge is 0.486 e. The van der Waals surface area contributed by atoms with Crippen molar-refractivity contribution in [1.82, 2.24) is 0 Å². The number of ether oxygens (including phenoxy) is 1. The fraction of sp³-hybridized carbons (Fsp3) is 0.667. The third-order valence-electron chi connectivity index (χ3n) is 1.98. The first kappa shape index (κ1) is 12.0. The van der Waals surface area contributed by atoms with Crippen LogP contribution in [0.3, 0.4) is 0 Å². The maximum atomic E-state index is 12.5. The Hall–Kier alpha value is -1.07. The number of nitrogens with zero attached hydrogens (tertiary/aromatic N) is 1. The van der Waals surface area contributed by atoms with Crippen LogP contribution in [0, 0.1) is 0 Å². The zero-order chi connectivity index (χ0) is 11.5. The third-order valence-corrected chi connectivity index (χ3v) is 1.98. The van der Waals surface area contributed by atoms with Gasteiger partial charge in [0.15, 0.2) is 6.61 Å². The van der Waals surface area contributed by atoms with Crippen molar-refractivity contribution >= 4 is 6.21 Å². The molecule has 1 rings (SSSR count). The monoisotopic (exact) mass is 225 g/mol. The van der Waals surface area contributed by atoms with Crippen LogP contribution in [0.5, 0.6) is 0 Å². The van der Waals surface area contributed by atoms with Crippen LogP contribution < -0.4 is 0 Å². The minimum atomic E-state index is -4.11. The number of aliphatic imine (C=N–C) groups is 1. The first-order valence-electron chi connectivity index (χ1n) is 4.42. The summed E-state index contributed by atoms with van der Waals surface area (Å²) in [7, 11) is 0. The highest BCUT2D eigenvalue weighted by Crippen LogP contribution is 2.24. The molecule has 1 aliphatic heterocycles. The Kier molecular flexibility index (Phi) is 3.71. The fourth-order valence-electron chi connectivity index (χ4n) is 1.01. The number of hydrogen-bond acceptors (Lipinski definition) is 2. The van der Waals surface area contributed by atoms with Gasteiger partial charge in [0.25, 0.3) is 0 Å². The van der Waals surface area contributed by atoms with E-state index in [1.54, 1.807) is 6.92 Å². The van der Waals surface area contributed by atoms with Crippen LogP contribution in [0.25, 0.3) is 0 Å². The van der Waals surface area contributed by atoms with Gasteiger partial charge in [-0.1, -0.05) is 0 Å². The van der Waals surface area contributed by atoms with E-state index in [2.05, 4.69) is 9.73 Å². The van der Waals surface area contributed by atoms with E-state index in [1.807, 2.05) is 0 Å². The molecule has 0 aromatic rings. The summed E-state index contributed by atoms with van der Waals surface area (Å²) in [6.07, 6.45) is -1.81. The van der Waals surface area contributed by atoms with Gasteiger partial charge in [0.1, 0.15) is 5.76 Å². The SMILES string of the molecule is CC1=C(OCC(F)(F)C(F)F)C=NCC1. The molecule has 0 aromatic heterocycles. The van der Waals surface area contributed by atoms with E-state index in [0.29, 0.717) is 13.0 Å². The van der Waals surface area contributed by atoms with Crippen molar-refractivity contribution in [3.63, 3.8) is 0 Å². The van der Waals surface area contributed by atoms with E-state index in [9.17, 15) is 17.6 Å². The molecule has 6 heteroatoms. The molecule has 15 heavy (non-hydrogen) atoms. The standard InChI is InChI=1S/C9H11F4NO/c1-6-2-3-14-4-7(6)15-5-9(12,13)8(10)11/h4,8H,2-3,5H2,1H3. The molecule has 0 spiro atoms. The van der Waals surface area contributed by atoms with Gasteiger partial charge in [-0.3, -0.25) is 4.99 Å². The molecular weight excluding hydrogens is 214 g/mol. The highest BCUT2D eigenvalue weighted by atomic mass is 19.3. The quantitative estimate of drug-likeness (QED) is 0.674. The Morgan fingerprint density at radius 3 is 2.73 bits per heavy atom. The summed E-state index contributed by atoms with van der Waals surface area (Å²) in [5.74, 6) is -3.94. The summed E-state index contributed by atoms with van der Waals surface area (Å²) in [6, 6.07) is 0. The number of rotatable bonds is 4. The molecule has 0 aliphatic carbocycles. The van der Waals surface area contributed by atoms with Gasteiger partial charge in [-0.2, -0.15) is 8.78 Å². The lowest BCUT2D eigenvalue weighted by Crippen LogP contribution is -2.32. The van der Waals surface area contributed by atoms with Crippen LogP contribution in [0.15, 0.2) is 16.3 Å². The zero-order valence-corrected chi connectivity index (χ0v) is 8.14. The summed E-state index contributed by atoms with van der Waals surface area (Å²) in [6.45, 7) is 0.953. The van der Waals surface area contributed by atoms with Gasteiger partial charge in [0.05, 0.1) is 6.21 Å². The van der Waals surface area contributed by atoms with Gasteiger partial charge >= 0.3 is 12.3 Å². The Bertz CT molecular complexity index is 286. The topological polar surface area (TPSA) is 21.6 Å². The van der Waals surface area contributed by atoms with Gasteiger partial charge in [0, 0.05) is 6.54 Å². The normalized spacial score (nSPS) is 17.5. The van der Waals surface area contributed by atoms with Crippen molar-refractivity contribution < 1.29 is 22.3 Å². The Balaban J connectivity index is 2.53. The summed E-state index contributed by atoms with van der Waals surface area (Å²) in [4.78, 5) is 3.81. The minimum Gasteiger partial charge on any atom is -0.486 e. The zero-order valence-electron chi connectivity index (χ0n) is 8.14. The van der Waals surface area contributed by atoms with Crippen molar-refractivity contribution in [2.75, 3.05) is 13.2 Å². The van der Waals surface area contributed by atoms with E-state index >= 15 is 0 Å². The Labute approximate surface area is 84.6 Å². The maximum absolute atomic E-state index is 12.5. The van der Waals surface area contributed by atoms with Crippen LogP contribution >= 0.6 is 0 Å². The van der Waals surface area contributed by atoms with E-state index in [1.165, 1.54) is 6.21 Å². The van der Waals surface area contributed by atoms with Crippen LogP contribution in [-0.4, -0.2) is 31.7 Å². The van der Waals surface area contributed by atoms with Crippen molar-refractivity contribution in [1.29, 1.82) is 0 Å². The maximum Gasteiger partial charge on any atom is 0.340 e. The molecule has 0 atom stereocenters. The van der Waals surface area contributed by atoms with Crippen LogP contribution in [0.2, 0.25) is 0 Å². The van der Waals surface area contributed by atoms with Gasteiger partial charge in [-0.25, -0.2) is 8.78 Å². The number of halogens is 4. The first-order chi connectivity index (χ1) is 6.93. The highest BCUT2D eigenvalue weighted by Gasteiger charge is 2.41. The predicted octanol–water partition coefficient (Wildman–Crippen LogP) is 2.65. The molecule has 1 heterocycles. The van der Waals surface area contributed by atoms with Crippen molar-refractivity contribution in [3.05, 3.63) is 11.3 Å². The molecule has 86 valence electrons. The second kappa shape index (κ2) is 4.63. The number of alkyl halides is 4. The number of hydrogen-bond donors (Lipinski definition) is 0.